The molecule has 1 aromatic carbocycles. The van der Waals surface area contributed by atoms with Crippen LogP contribution >= 0.6 is 15.9 Å². The Hall–Kier alpha value is -1.73. The third kappa shape index (κ3) is 3.16. The molecule has 2 unspecified atom stereocenters. The summed E-state index contributed by atoms with van der Waals surface area (Å²) in [5.41, 5.74) is 7.54. The van der Waals surface area contributed by atoms with Crippen molar-refractivity contribution in [2.45, 2.75) is 25.8 Å². The number of hydrogen-bond acceptors (Lipinski definition) is 5. The topological polar surface area (TPSA) is 85.3 Å². The molecule has 2 aromatic rings. The van der Waals surface area contributed by atoms with E-state index in [0.29, 0.717) is 11.6 Å². The summed E-state index contributed by atoms with van der Waals surface area (Å²) in [5.74, 6) is 0.346. The van der Waals surface area contributed by atoms with Gasteiger partial charge in [0.1, 0.15) is 11.9 Å². The smallest absolute Gasteiger partial charge is 0.311 e. The Morgan fingerprint density at radius 1 is 1.52 bits per heavy atom. The van der Waals surface area contributed by atoms with E-state index in [1.807, 2.05) is 25.1 Å². The van der Waals surface area contributed by atoms with E-state index in [4.69, 9.17) is 5.73 Å². The van der Waals surface area contributed by atoms with Crippen molar-refractivity contribution in [1.29, 1.82) is 0 Å². The van der Waals surface area contributed by atoms with Crippen LogP contribution in [-0.4, -0.2) is 29.0 Å². The van der Waals surface area contributed by atoms with Crippen LogP contribution in [0.2, 0.25) is 0 Å². The van der Waals surface area contributed by atoms with Crippen molar-refractivity contribution in [1.82, 2.24) is 4.98 Å². The molecule has 7 heteroatoms. The third-order valence-electron chi connectivity index (χ3n) is 4.50. The number of hydrogen-bond donors (Lipinski definition) is 1. The highest BCUT2D eigenvalue weighted by atomic mass is 79.9. The molecule has 0 spiro atoms. The molecule has 0 radical (unpaired) electrons. The zero-order valence-corrected chi connectivity index (χ0v) is 14.5. The molecule has 1 aliphatic heterocycles. The maximum absolute atomic E-state index is 11.5. The van der Waals surface area contributed by atoms with Crippen molar-refractivity contribution in [2.24, 2.45) is 11.7 Å². The standard InChI is InChI=1S/C16H19BrN4O2/c1-10(18)11-3-2-6-20(9-11)16-13-7-12(17)4-5-14(13)19-8-15(16)21(22)23/h4-5,7-8,10-11H,2-3,6,9,18H2,1H3. The van der Waals surface area contributed by atoms with E-state index in [1.54, 1.807) is 0 Å². The van der Waals surface area contributed by atoms with Crippen molar-refractivity contribution >= 4 is 38.2 Å². The number of benzene rings is 1. The van der Waals surface area contributed by atoms with Crippen LogP contribution in [0.5, 0.6) is 0 Å². The SMILES string of the molecule is CC(N)C1CCCN(c2c([N+](=O)[O-])cnc3ccc(Br)cc23)C1. The minimum Gasteiger partial charge on any atom is -0.365 e. The third-order valence-corrected chi connectivity index (χ3v) is 4.99. The van der Waals surface area contributed by atoms with Gasteiger partial charge >= 0.3 is 5.69 Å². The molecule has 1 aliphatic rings. The number of aromatic nitrogens is 1. The average molecular weight is 379 g/mol. The van der Waals surface area contributed by atoms with Crippen LogP contribution in [0.1, 0.15) is 19.8 Å². The van der Waals surface area contributed by atoms with Crippen molar-refractivity contribution in [3.63, 3.8) is 0 Å². The summed E-state index contributed by atoms with van der Waals surface area (Å²) in [6, 6.07) is 5.75. The molecule has 1 saturated heterocycles. The molecule has 3 rings (SSSR count). The maximum Gasteiger partial charge on any atom is 0.311 e. The van der Waals surface area contributed by atoms with E-state index in [-0.39, 0.29) is 16.7 Å². The monoisotopic (exact) mass is 378 g/mol. The highest BCUT2D eigenvalue weighted by molar-refractivity contribution is 9.10. The second-order valence-corrected chi connectivity index (χ2v) is 7.03. The van der Waals surface area contributed by atoms with E-state index >= 15 is 0 Å². The predicted octanol–water partition coefficient (Wildman–Crippen LogP) is 3.47. The minimum atomic E-state index is -0.349. The van der Waals surface area contributed by atoms with Crippen molar-refractivity contribution in [2.75, 3.05) is 18.0 Å². The molecule has 0 aliphatic carbocycles. The van der Waals surface area contributed by atoms with Gasteiger partial charge in [-0.1, -0.05) is 15.9 Å². The van der Waals surface area contributed by atoms with E-state index in [0.717, 1.165) is 41.3 Å². The molecule has 2 N–H and O–H groups in total. The number of nitrogens with zero attached hydrogens (tertiary/aromatic N) is 3. The molecule has 1 aromatic heterocycles. The van der Waals surface area contributed by atoms with Crippen LogP contribution in [-0.2, 0) is 0 Å². The number of rotatable bonds is 3. The molecule has 0 saturated carbocycles. The summed E-state index contributed by atoms with van der Waals surface area (Å²) in [5, 5.41) is 12.3. The van der Waals surface area contributed by atoms with Crippen molar-refractivity contribution < 1.29 is 4.92 Å². The van der Waals surface area contributed by atoms with Crippen LogP contribution in [0, 0.1) is 16.0 Å². The Morgan fingerprint density at radius 2 is 2.30 bits per heavy atom. The number of fused-ring (bicyclic) bond motifs is 1. The number of nitrogens with two attached hydrogens (primary N) is 1. The Labute approximate surface area is 143 Å². The lowest BCUT2D eigenvalue weighted by Crippen LogP contribution is -2.42. The summed E-state index contributed by atoms with van der Waals surface area (Å²) >= 11 is 3.45. The molecule has 1 fully saturated rings. The van der Waals surface area contributed by atoms with Gasteiger partial charge in [0.25, 0.3) is 0 Å². The summed E-state index contributed by atoms with van der Waals surface area (Å²) in [7, 11) is 0. The fourth-order valence-corrected chi connectivity index (χ4v) is 3.61. The number of halogens is 1. The average Bonchev–Trinajstić information content (AvgIpc) is 2.53. The zero-order chi connectivity index (χ0) is 16.6. The lowest BCUT2D eigenvalue weighted by atomic mass is 9.91. The second kappa shape index (κ2) is 6.41. The second-order valence-electron chi connectivity index (χ2n) is 6.12. The van der Waals surface area contributed by atoms with E-state index in [2.05, 4.69) is 25.8 Å². The van der Waals surface area contributed by atoms with Crippen LogP contribution in [0.3, 0.4) is 0 Å². The van der Waals surface area contributed by atoms with E-state index in [1.165, 1.54) is 6.20 Å². The number of pyridine rings is 1. The highest BCUT2D eigenvalue weighted by Gasteiger charge is 2.29. The van der Waals surface area contributed by atoms with Gasteiger partial charge in [-0.3, -0.25) is 10.1 Å². The molecule has 0 amide bonds. The summed E-state index contributed by atoms with van der Waals surface area (Å²) in [6.45, 7) is 3.55. The lowest BCUT2D eigenvalue weighted by molar-refractivity contribution is -0.384. The van der Waals surface area contributed by atoms with Gasteiger partial charge in [0.05, 0.1) is 10.4 Å². The van der Waals surface area contributed by atoms with Gasteiger partial charge in [0, 0.05) is 29.0 Å². The number of anilines is 1. The quantitative estimate of drug-likeness (QED) is 0.652. The fourth-order valence-electron chi connectivity index (χ4n) is 3.25. The summed E-state index contributed by atoms with van der Waals surface area (Å²) < 4.78 is 0.884. The Balaban J connectivity index is 2.15. The molecule has 6 nitrogen and oxygen atoms in total. The molecule has 2 atom stereocenters. The van der Waals surface area contributed by atoms with Gasteiger partial charge in [-0.05, 0) is 43.9 Å². The number of piperidine rings is 1. The van der Waals surface area contributed by atoms with E-state index < -0.39 is 0 Å². The van der Waals surface area contributed by atoms with Gasteiger partial charge in [-0.15, -0.1) is 0 Å². The Morgan fingerprint density at radius 3 is 3.00 bits per heavy atom. The highest BCUT2D eigenvalue weighted by Crippen LogP contribution is 2.38. The first-order valence-electron chi connectivity index (χ1n) is 7.70. The van der Waals surface area contributed by atoms with E-state index in [9.17, 15) is 10.1 Å². The summed E-state index contributed by atoms with van der Waals surface area (Å²) in [6.07, 6.45) is 3.41. The van der Waals surface area contributed by atoms with Gasteiger partial charge in [-0.25, -0.2) is 4.98 Å². The Kier molecular flexibility index (Phi) is 4.50. The largest absolute Gasteiger partial charge is 0.365 e. The maximum atomic E-state index is 11.5. The van der Waals surface area contributed by atoms with Gasteiger partial charge in [0.2, 0.25) is 0 Å². The van der Waals surface area contributed by atoms with Crippen molar-refractivity contribution in [3.8, 4) is 0 Å². The molecular weight excluding hydrogens is 360 g/mol. The van der Waals surface area contributed by atoms with Gasteiger partial charge < -0.3 is 10.6 Å². The molecule has 0 bridgehead atoms. The Bertz CT molecular complexity index is 750. The first-order valence-corrected chi connectivity index (χ1v) is 8.50. The minimum absolute atomic E-state index is 0.0564. The van der Waals surface area contributed by atoms with Crippen LogP contribution < -0.4 is 10.6 Å². The predicted molar refractivity (Wildman–Crippen MR) is 94.7 cm³/mol. The normalized spacial score (nSPS) is 19.8. The molecule has 122 valence electrons. The zero-order valence-electron chi connectivity index (χ0n) is 12.9. The van der Waals surface area contributed by atoms with Crippen LogP contribution in [0.4, 0.5) is 11.4 Å². The van der Waals surface area contributed by atoms with Gasteiger partial charge in [0.15, 0.2) is 0 Å². The van der Waals surface area contributed by atoms with Crippen LogP contribution in [0.25, 0.3) is 10.9 Å². The number of nitro groups is 1. The van der Waals surface area contributed by atoms with Crippen LogP contribution in [0.15, 0.2) is 28.9 Å². The van der Waals surface area contributed by atoms with Gasteiger partial charge in [-0.2, -0.15) is 0 Å². The fraction of sp³-hybridized carbons (Fsp3) is 0.438. The molecule has 2 heterocycles. The summed E-state index contributed by atoms with van der Waals surface area (Å²) in [4.78, 5) is 17.5. The van der Waals surface area contributed by atoms with Crippen molar-refractivity contribution in [3.05, 3.63) is 39.0 Å². The first-order chi connectivity index (χ1) is 11.0. The first kappa shape index (κ1) is 16.1. The molecular formula is C16H19BrN4O2. The molecule has 23 heavy (non-hydrogen) atoms. The lowest BCUT2D eigenvalue weighted by Gasteiger charge is -2.36.